The zero-order valence-electron chi connectivity index (χ0n) is 13.4. The van der Waals surface area contributed by atoms with E-state index in [4.69, 9.17) is 5.14 Å². The first kappa shape index (κ1) is 16.9. The highest BCUT2D eigenvalue weighted by molar-refractivity contribution is 7.86. The van der Waals surface area contributed by atoms with E-state index in [0.717, 1.165) is 5.56 Å². The third-order valence-electron chi connectivity index (χ3n) is 4.39. The summed E-state index contributed by atoms with van der Waals surface area (Å²) in [5.41, 5.74) is 1.13. The molecule has 0 radical (unpaired) electrons. The van der Waals surface area contributed by atoms with Gasteiger partial charge in [-0.3, -0.25) is 4.79 Å². The molecule has 1 saturated heterocycles. The molecule has 2 aromatic carbocycles. The van der Waals surface area contributed by atoms with Gasteiger partial charge < -0.3 is 4.90 Å². The first-order valence-corrected chi connectivity index (χ1v) is 9.47. The lowest BCUT2D eigenvalue weighted by Crippen LogP contribution is -2.52. The summed E-state index contributed by atoms with van der Waals surface area (Å²) < 4.78 is 23.8. The quantitative estimate of drug-likeness (QED) is 0.899. The Kier molecular flexibility index (Phi) is 4.84. The van der Waals surface area contributed by atoms with Gasteiger partial charge in [-0.15, -0.1) is 0 Å². The Hall–Kier alpha value is -1.96. The number of piperazine rings is 1. The summed E-state index contributed by atoms with van der Waals surface area (Å²) in [4.78, 5) is 14.0. The van der Waals surface area contributed by atoms with Gasteiger partial charge in [0.25, 0.3) is 10.2 Å². The van der Waals surface area contributed by atoms with Crippen LogP contribution in [0, 0.1) is 0 Å². The number of carbonyl (C=O) groups excluding carboxylic acids is 1. The normalized spacial score (nSPS) is 16.5. The van der Waals surface area contributed by atoms with E-state index in [2.05, 4.69) is 30.3 Å². The topological polar surface area (TPSA) is 83.7 Å². The number of fused-ring (bicyclic) bond motifs is 1. The summed E-state index contributed by atoms with van der Waals surface area (Å²) in [5, 5.41) is 7.46. The Labute approximate surface area is 142 Å². The summed E-state index contributed by atoms with van der Waals surface area (Å²) in [6.07, 6.45) is 1.10. The smallest absolute Gasteiger partial charge is 0.277 e. The summed E-state index contributed by atoms with van der Waals surface area (Å²) in [6.45, 7) is 1.32. The molecule has 0 aliphatic carbocycles. The van der Waals surface area contributed by atoms with Gasteiger partial charge in [0, 0.05) is 32.6 Å². The molecule has 0 atom stereocenters. The van der Waals surface area contributed by atoms with Gasteiger partial charge in [0.05, 0.1) is 0 Å². The maximum Gasteiger partial charge on any atom is 0.277 e. The van der Waals surface area contributed by atoms with Crippen molar-refractivity contribution in [1.82, 2.24) is 9.21 Å². The minimum Gasteiger partial charge on any atom is -0.340 e. The molecule has 1 aliphatic rings. The van der Waals surface area contributed by atoms with Gasteiger partial charge in [-0.2, -0.15) is 12.7 Å². The molecule has 3 rings (SSSR count). The molecule has 1 heterocycles. The van der Waals surface area contributed by atoms with Crippen LogP contribution in [0.2, 0.25) is 0 Å². The van der Waals surface area contributed by atoms with Crippen LogP contribution >= 0.6 is 0 Å². The SMILES string of the molecule is NS(=O)(=O)N1CCN(C(=O)CCc2ccc3ccccc3c2)CC1. The Morgan fingerprint density at radius 3 is 2.33 bits per heavy atom. The fraction of sp³-hybridized carbons (Fsp3) is 0.353. The van der Waals surface area contributed by atoms with E-state index >= 15 is 0 Å². The number of aryl methyl sites for hydroxylation is 1. The zero-order valence-corrected chi connectivity index (χ0v) is 14.2. The van der Waals surface area contributed by atoms with Gasteiger partial charge in [-0.1, -0.05) is 42.5 Å². The van der Waals surface area contributed by atoms with E-state index in [1.165, 1.54) is 15.1 Å². The van der Waals surface area contributed by atoms with Gasteiger partial charge in [0.15, 0.2) is 0 Å². The van der Waals surface area contributed by atoms with Crippen molar-refractivity contribution < 1.29 is 13.2 Å². The molecule has 0 bridgehead atoms. The number of benzene rings is 2. The second-order valence-electron chi connectivity index (χ2n) is 6.01. The van der Waals surface area contributed by atoms with E-state index in [1.807, 2.05) is 12.1 Å². The summed E-state index contributed by atoms with van der Waals surface area (Å²) in [7, 11) is -3.66. The van der Waals surface area contributed by atoms with Crippen molar-refractivity contribution in [2.45, 2.75) is 12.8 Å². The largest absolute Gasteiger partial charge is 0.340 e. The van der Waals surface area contributed by atoms with Crippen LogP contribution in [-0.4, -0.2) is 49.7 Å². The molecule has 1 aliphatic heterocycles. The highest BCUT2D eigenvalue weighted by Gasteiger charge is 2.26. The summed E-state index contributed by atoms with van der Waals surface area (Å²) in [6, 6.07) is 14.4. The van der Waals surface area contributed by atoms with Crippen LogP contribution < -0.4 is 5.14 Å². The molecule has 0 aromatic heterocycles. The molecule has 0 saturated carbocycles. The van der Waals surface area contributed by atoms with Crippen LogP contribution in [0.1, 0.15) is 12.0 Å². The van der Waals surface area contributed by atoms with Crippen molar-refractivity contribution in [3.8, 4) is 0 Å². The zero-order chi connectivity index (χ0) is 17.2. The van der Waals surface area contributed by atoms with Crippen LogP contribution in [0.5, 0.6) is 0 Å². The van der Waals surface area contributed by atoms with Crippen molar-refractivity contribution in [3.63, 3.8) is 0 Å². The third kappa shape index (κ3) is 3.92. The molecule has 1 fully saturated rings. The number of amides is 1. The van der Waals surface area contributed by atoms with Crippen molar-refractivity contribution in [3.05, 3.63) is 48.0 Å². The number of hydrogen-bond acceptors (Lipinski definition) is 3. The lowest BCUT2D eigenvalue weighted by atomic mass is 10.0. The molecular formula is C17H21N3O3S. The van der Waals surface area contributed by atoms with Crippen molar-refractivity contribution in [1.29, 1.82) is 0 Å². The molecule has 24 heavy (non-hydrogen) atoms. The predicted octanol–water partition coefficient (Wildman–Crippen LogP) is 1.12. The molecule has 128 valence electrons. The van der Waals surface area contributed by atoms with Crippen molar-refractivity contribution >= 4 is 26.9 Å². The molecular weight excluding hydrogens is 326 g/mol. The average molecular weight is 347 g/mol. The molecule has 0 unspecified atom stereocenters. The predicted molar refractivity (Wildman–Crippen MR) is 93.5 cm³/mol. The molecule has 0 spiro atoms. The number of hydrogen-bond donors (Lipinski definition) is 1. The maximum absolute atomic E-state index is 12.3. The first-order valence-electron chi connectivity index (χ1n) is 7.97. The van der Waals surface area contributed by atoms with Gasteiger partial charge in [0.1, 0.15) is 0 Å². The first-order chi connectivity index (χ1) is 11.4. The Bertz CT molecular complexity index is 843. The molecule has 7 heteroatoms. The van der Waals surface area contributed by atoms with E-state index in [9.17, 15) is 13.2 Å². The monoisotopic (exact) mass is 347 g/mol. The molecule has 6 nitrogen and oxygen atoms in total. The minimum absolute atomic E-state index is 0.0530. The standard InChI is InChI=1S/C17H21N3O3S/c18-24(22,23)20-11-9-19(10-12-20)17(21)8-6-14-5-7-15-3-1-2-4-16(15)13-14/h1-5,7,13H,6,8-12H2,(H2,18,22,23). The fourth-order valence-electron chi connectivity index (χ4n) is 3.00. The number of carbonyl (C=O) groups is 1. The van der Waals surface area contributed by atoms with Crippen LogP contribution in [0.15, 0.2) is 42.5 Å². The highest BCUT2D eigenvalue weighted by Crippen LogP contribution is 2.17. The lowest BCUT2D eigenvalue weighted by Gasteiger charge is -2.33. The van der Waals surface area contributed by atoms with Gasteiger partial charge in [0.2, 0.25) is 5.91 Å². The number of nitrogens with zero attached hydrogens (tertiary/aromatic N) is 2. The van der Waals surface area contributed by atoms with Gasteiger partial charge in [-0.05, 0) is 22.8 Å². The number of rotatable bonds is 4. The van der Waals surface area contributed by atoms with Crippen LogP contribution in [0.3, 0.4) is 0 Å². The molecule has 2 N–H and O–H groups in total. The average Bonchev–Trinajstić information content (AvgIpc) is 2.59. The second kappa shape index (κ2) is 6.88. The second-order valence-corrected chi connectivity index (χ2v) is 7.55. The van der Waals surface area contributed by atoms with E-state index in [0.29, 0.717) is 25.9 Å². The summed E-state index contributed by atoms with van der Waals surface area (Å²) >= 11 is 0. The maximum atomic E-state index is 12.3. The third-order valence-corrected chi connectivity index (χ3v) is 5.48. The van der Waals surface area contributed by atoms with Crippen LogP contribution in [0.25, 0.3) is 10.8 Å². The van der Waals surface area contributed by atoms with Gasteiger partial charge in [-0.25, -0.2) is 5.14 Å². The summed E-state index contributed by atoms with van der Waals surface area (Å²) in [5.74, 6) is 0.0530. The fourth-order valence-corrected chi connectivity index (χ4v) is 3.67. The molecule has 2 aromatic rings. The Morgan fingerprint density at radius 1 is 1.00 bits per heavy atom. The van der Waals surface area contributed by atoms with Gasteiger partial charge >= 0.3 is 0 Å². The minimum atomic E-state index is -3.66. The van der Waals surface area contributed by atoms with Crippen molar-refractivity contribution in [2.75, 3.05) is 26.2 Å². The van der Waals surface area contributed by atoms with Crippen LogP contribution in [-0.2, 0) is 21.4 Å². The lowest BCUT2D eigenvalue weighted by molar-refractivity contribution is -0.132. The van der Waals surface area contributed by atoms with Crippen molar-refractivity contribution in [2.24, 2.45) is 5.14 Å². The van der Waals surface area contributed by atoms with Crippen LogP contribution in [0.4, 0.5) is 0 Å². The Balaban J connectivity index is 1.55. The number of nitrogens with two attached hydrogens (primary N) is 1. The van der Waals surface area contributed by atoms with E-state index < -0.39 is 10.2 Å². The van der Waals surface area contributed by atoms with E-state index in [-0.39, 0.29) is 19.0 Å². The molecule has 1 amide bonds. The highest BCUT2D eigenvalue weighted by atomic mass is 32.2. The Morgan fingerprint density at radius 2 is 1.67 bits per heavy atom. The van der Waals surface area contributed by atoms with E-state index in [1.54, 1.807) is 4.90 Å².